The van der Waals surface area contributed by atoms with Crippen molar-refractivity contribution >= 4 is 65.9 Å². The molecule has 0 saturated carbocycles. The number of fused-ring (bicyclic) bond motifs is 13. The monoisotopic (exact) mass is 503 g/mol. The van der Waals surface area contributed by atoms with E-state index in [1.807, 2.05) is 0 Å². The molecule has 180 valence electrons. The molecule has 0 fully saturated rings. The van der Waals surface area contributed by atoms with Gasteiger partial charge in [-0.05, 0) is 64.2 Å². The Hall–Kier alpha value is -4.01. The van der Waals surface area contributed by atoms with Crippen LogP contribution in [0.5, 0.6) is 0 Å². The highest BCUT2D eigenvalue weighted by Gasteiger charge is 2.33. The molecule has 9 rings (SSSR count). The molecule has 0 bridgehead atoms. The van der Waals surface area contributed by atoms with E-state index >= 15 is 0 Å². The van der Waals surface area contributed by atoms with Crippen molar-refractivity contribution in [3.8, 4) is 5.69 Å². The number of aromatic nitrogens is 1. The van der Waals surface area contributed by atoms with Crippen molar-refractivity contribution in [2.45, 2.75) is 28.9 Å². The van der Waals surface area contributed by atoms with Crippen LogP contribution in [0.4, 0.5) is 0 Å². The van der Waals surface area contributed by atoms with Gasteiger partial charge in [0, 0.05) is 43.3 Å². The van der Waals surface area contributed by atoms with Crippen LogP contribution in [0.15, 0.2) is 120 Å². The lowest BCUT2D eigenvalue weighted by Gasteiger charge is -2.19. The Labute approximate surface area is 225 Å². The number of hydrogen-bond donors (Lipinski definition) is 0. The van der Waals surface area contributed by atoms with Gasteiger partial charge in [-0.1, -0.05) is 91.0 Å². The molecule has 0 spiro atoms. The number of allylic oxidation sites excluding steroid dienone is 2. The lowest BCUT2D eigenvalue weighted by atomic mass is 9.89. The predicted molar refractivity (Wildman–Crippen MR) is 164 cm³/mol. The van der Waals surface area contributed by atoms with E-state index in [2.05, 4.69) is 132 Å². The third-order valence-electron chi connectivity index (χ3n) is 8.78. The molecule has 2 unspecified atom stereocenters. The number of rotatable bonds is 1. The number of benzene rings is 6. The van der Waals surface area contributed by atoms with Crippen LogP contribution in [-0.4, -0.2) is 9.82 Å². The molecular formula is C36H25NS. The molecule has 0 N–H and O–H groups in total. The highest BCUT2D eigenvalue weighted by Crippen LogP contribution is 2.51. The summed E-state index contributed by atoms with van der Waals surface area (Å²) in [6.45, 7) is 0. The van der Waals surface area contributed by atoms with E-state index in [0.717, 1.165) is 0 Å². The second-order valence-corrected chi connectivity index (χ2v) is 12.0. The Morgan fingerprint density at radius 2 is 1.45 bits per heavy atom. The lowest BCUT2D eigenvalue weighted by Crippen LogP contribution is -2.11. The van der Waals surface area contributed by atoms with Crippen molar-refractivity contribution in [2.75, 3.05) is 0 Å². The minimum atomic E-state index is 0.526. The SMILES string of the molecule is C1=CC2c3cc(-n4c5ccccc5c5c6c7ccccc7ccc6c6ccccc6c54)ccc3SC2CC1. The number of nitrogens with zero attached hydrogens (tertiary/aromatic N) is 1. The molecule has 1 aliphatic carbocycles. The van der Waals surface area contributed by atoms with Gasteiger partial charge < -0.3 is 4.57 Å². The number of hydrogen-bond acceptors (Lipinski definition) is 1. The van der Waals surface area contributed by atoms with Crippen molar-refractivity contribution in [3.63, 3.8) is 0 Å². The first-order valence-corrected chi connectivity index (χ1v) is 14.5. The van der Waals surface area contributed by atoms with Gasteiger partial charge in [-0.3, -0.25) is 0 Å². The van der Waals surface area contributed by atoms with Gasteiger partial charge in [0.1, 0.15) is 0 Å². The second-order valence-electron chi connectivity index (χ2n) is 10.7. The molecule has 2 atom stereocenters. The summed E-state index contributed by atoms with van der Waals surface area (Å²) in [6, 6.07) is 38.6. The quantitative estimate of drug-likeness (QED) is 0.159. The van der Waals surface area contributed by atoms with Gasteiger partial charge in [-0.15, -0.1) is 11.8 Å². The summed E-state index contributed by atoms with van der Waals surface area (Å²) in [6.07, 6.45) is 7.32. The van der Waals surface area contributed by atoms with Gasteiger partial charge in [-0.25, -0.2) is 0 Å². The van der Waals surface area contributed by atoms with Crippen LogP contribution in [0, 0.1) is 0 Å². The number of thioether (sulfide) groups is 1. The average molecular weight is 504 g/mol. The fourth-order valence-electron chi connectivity index (χ4n) is 7.15. The summed E-state index contributed by atoms with van der Waals surface area (Å²) in [5.41, 5.74) is 5.34. The zero-order valence-electron chi connectivity index (χ0n) is 20.9. The lowest BCUT2D eigenvalue weighted by molar-refractivity contribution is 0.682. The summed E-state index contributed by atoms with van der Waals surface area (Å²) >= 11 is 2.08. The third-order valence-corrected chi connectivity index (χ3v) is 10.2. The first-order chi connectivity index (χ1) is 18.9. The maximum atomic E-state index is 2.54. The van der Waals surface area contributed by atoms with E-state index in [1.54, 1.807) is 0 Å². The molecule has 7 aromatic rings. The normalized spacial score (nSPS) is 18.6. The largest absolute Gasteiger partial charge is 0.309 e. The minimum absolute atomic E-state index is 0.526. The van der Waals surface area contributed by atoms with Crippen LogP contribution in [0.3, 0.4) is 0 Å². The molecule has 0 radical (unpaired) electrons. The van der Waals surface area contributed by atoms with E-state index in [0.29, 0.717) is 11.2 Å². The van der Waals surface area contributed by atoms with Gasteiger partial charge in [0.25, 0.3) is 0 Å². The molecule has 0 saturated heterocycles. The predicted octanol–water partition coefficient (Wildman–Crippen LogP) is 10.2. The van der Waals surface area contributed by atoms with Crippen LogP contribution in [-0.2, 0) is 0 Å². The first-order valence-electron chi connectivity index (χ1n) is 13.6. The molecule has 0 amide bonds. The smallest absolute Gasteiger partial charge is 0.0626 e. The van der Waals surface area contributed by atoms with E-state index in [9.17, 15) is 0 Å². The second kappa shape index (κ2) is 7.75. The van der Waals surface area contributed by atoms with Gasteiger partial charge in [0.05, 0.1) is 11.0 Å². The zero-order valence-corrected chi connectivity index (χ0v) is 21.7. The van der Waals surface area contributed by atoms with Crippen LogP contribution < -0.4 is 0 Å². The average Bonchev–Trinajstić information content (AvgIpc) is 3.53. The highest BCUT2D eigenvalue weighted by molar-refractivity contribution is 8.00. The zero-order chi connectivity index (χ0) is 24.8. The van der Waals surface area contributed by atoms with Gasteiger partial charge >= 0.3 is 0 Å². The third kappa shape index (κ3) is 2.73. The molecule has 2 heteroatoms. The maximum absolute atomic E-state index is 2.54. The molecule has 6 aromatic carbocycles. The maximum Gasteiger partial charge on any atom is 0.0626 e. The van der Waals surface area contributed by atoms with Crippen LogP contribution in [0.2, 0.25) is 0 Å². The summed E-state index contributed by atoms with van der Waals surface area (Å²) in [4.78, 5) is 1.46. The molecule has 1 nitrogen and oxygen atoms in total. The Morgan fingerprint density at radius 3 is 2.37 bits per heavy atom. The molecule has 2 aliphatic rings. The Kier molecular flexibility index (Phi) is 4.28. The summed E-state index contributed by atoms with van der Waals surface area (Å²) in [5, 5.41) is 11.3. The highest BCUT2D eigenvalue weighted by atomic mass is 32.2. The Morgan fingerprint density at radius 1 is 0.658 bits per heavy atom. The molecule has 38 heavy (non-hydrogen) atoms. The standard InChI is InChI=1S/C36H25NS/c1-2-10-24-22(9-1)17-19-27-25-11-3-4-13-28(25)36-35(34(24)27)29-14-5-7-15-31(29)37(36)23-18-20-33-30(21-23)26-12-6-8-16-32(26)38-33/h1-7,9-15,17-21,26,32H,8,16H2. The number of para-hydroxylation sites is 1. The van der Waals surface area contributed by atoms with Crippen molar-refractivity contribution in [2.24, 2.45) is 0 Å². The van der Waals surface area contributed by atoms with Crippen LogP contribution >= 0.6 is 11.8 Å². The fraction of sp³-hybridized carbons (Fsp3) is 0.111. The Bertz CT molecular complexity index is 2130. The van der Waals surface area contributed by atoms with E-state index in [-0.39, 0.29) is 0 Å². The summed E-state index contributed by atoms with van der Waals surface area (Å²) < 4.78 is 2.54. The van der Waals surface area contributed by atoms with E-state index < -0.39 is 0 Å². The van der Waals surface area contributed by atoms with Crippen molar-refractivity contribution in [1.82, 2.24) is 4.57 Å². The first kappa shape index (κ1) is 21.0. The van der Waals surface area contributed by atoms with E-state index in [4.69, 9.17) is 0 Å². The van der Waals surface area contributed by atoms with E-state index in [1.165, 1.54) is 83.1 Å². The van der Waals surface area contributed by atoms with Crippen molar-refractivity contribution in [3.05, 3.63) is 121 Å². The Balaban J connectivity index is 1.49. The summed E-state index contributed by atoms with van der Waals surface area (Å²) in [5.74, 6) is 0.526. The van der Waals surface area contributed by atoms with Crippen molar-refractivity contribution < 1.29 is 0 Å². The molecule has 2 heterocycles. The summed E-state index contributed by atoms with van der Waals surface area (Å²) in [7, 11) is 0. The topological polar surface area (TPSA) is 4.93 Å². The van der Waals surface area contributed by atoms with Crippen molar-refractivity contribution in [1.29, 1.82) is 0 Å². The van der Waals surface area contributed by atoms with Gasteiger partial charge in [0.15, 0.2) is 0 Å². The molecular weight excluding hydrogens is 478 g/mol. The fourth-order valence-corrected chi connectivity index (χ4v) is 8.60. The van der Waals surface area contributed by atoms with Gasteiger partial charge in [-0.2, -0.15) is 0 Å². The minimum Gasteiger partial charge on any atom is -0.309 e. The van der Waals surface area contributed by atoms with Gasteiger partial charge in [0.2, 0.25) is 0 Å². The molecule has 1 aromatic heterocycles. The molecule has 1 aliphatic heterocycles. The van der Waals surface area contributed by atoms with Crippen LogP contribution in [0.1, 0.15) is 24.3 Å². The van der Waals surface area contributed by atoms with Crippen LogP contribution in [0.25, 0.3) is 59.8 Å².